The number of nitrogens with zero attached hydrogens (tertiary/aromatic N) is 2. The Morgan fingerprint density at radius 1 is 0.615 bits per heavy atom. The maximum Gasteiger partial charge on any atom is 0.0950 e. The lowest BCUT2D eigenvalue weighted by atomic mass is 9.99. The minimum atomic E-state index is 0.156. The van der Waals surface area contributed by atoms with Crippen molar-refractivity contribution in [3.05, 3.63) is 71.8 Å². The minimum Gasteiger partial charge on any atom is -0.272 e. The van der Waals surface area contributed by atoms with E-state index in [4.69, 9.17) is 9.98 Å². The quantitative estimate of drug-likeness (QED) is 0.528. The SMILES string of the molecule is C1=CC2N=C3C(=NC2C=C1)c1cccc2cccc3c12.CC.CC.CC. The van der Waals surface area contributed by atoms with E-state index in [1.807, 2.05) is 41.5 Å². The van der Waals surface area contributed by atoms with Crippen LogP contribution < -0.4 is 0 Å². The van der Waals surface area contributed by atoms with Crippen molar-refractivity contribution in [1.82, 2.24) is 0 Å². The van der Waals surface area contributed by atoms with Gasteiger partial charge < -0.3 is 0 Å². The van der Waals surface area contributed by atoms with Gasteiger partial charge in [-0.25, -0.2) is 0 Å². The molecule has 136 valence electrons. The number of hydrogen-bond donors (Lipinski definition) is 0. The van der Waals surface area contributed by atoms with Gasteiger partial charge in [-0.2, -0.15) is 0 Å². The van der Waals surface area contributed by atoms with Crippen molar-refractivity contribution in [3.8, 4) is 0 Å². The molecule has 1 heterocycles. The zero-order valence-corrected chi connectivity index (χ0v) is 16.8. The second kappa shape index (κ2) is 9.28. The van der Waals surface area contributed by atoms with E-state index in [1.54, 1.807) is 0 Å². The molecule has 0 N–H and O–H groups in total. The standard InChI is InChI=1S/C18H12N2.3C2H6/c1-2-10-15-14(9-1)19-17-12-7-3-5-11-6-4-8-13(16(11)12)18(17)20-15;3*1-2/h1-10,14-15H;3*1-2H3. The first kappa shape index (κ1) is 19.8. The van der Waals surface area contributed by atoms with Gasteiger partial charge in [0, 0.05) is 16.5 Å². The first-order valence-electron chi connectivity index (χ1n) is 9.95. The summed E-state index contributed by atoms with van der Waals surface area (Å²) in [6, 6.07) is 13.2. The molecule has 0 spiro atoms. The van der Waals surface area contributed by atoms with Crippen LogP contribution in [0.2, 0.25) is 0 Å². The Hall–Kier alpha value is -2.48. The fourth-order valence-corrected chi connectivity index (χ4v) is 3.37. The van der Waals surface area contributed by atoms with Gasteiger partial charge in [0.25, 0.3) is 0 Å². The Kier molecular flexibility index (Phi) is 7.08. The maximum absolute atomic E-state index is 4.95. The fraction of sp³-hybridized carbons (Fsp3) is 0.333. The summed E-state index contributed by atoms with van der Waals surface area (Å²) < 4.78 is 0. The Labute approximate surface area is 158 Å². The summed E-state index contributed by atoms with van der Waals surface area (Å²) >= 11 is 0. The molecule has 0 saturated heterocycles. The molecule has 0 saturated carbocycles. The van der Waals surface area contributed by atoms with Gasteiger partial charge >= 0.3 is 0 Å². The maximum atomic E-state index is 4.95. The van der Waals surface area contributed by atoms with Crippen LogP contribution in [0.5, 0.6) is 0 Å². The zero-order chi connectivity index (χ0) is 19.1. The third kappa shape index (κ3) is 3.29. The Balaban J connectivity index is 0.000000371. The highest BCUT2D eigenvalue weighted by Gasteiger charge is 2.33. The Morgan fingerprint density at radius 2 is 1.04 bits per heavy atom. The molecule has 1 aliphatic heterocycles. The molecule has 0 fully saturated rings. The summed E-state index contributed by atoms with van der Waals surface area (Å²) in [4.78, 5) is 9.91. The topological polar surface area (TPSA) is 24.7 Å². The summed E-state index contributed by atoms with van der Waals surface area (Å²) in [5.74, 6) is 0. The highest BCUT2D eigenvalue weighted by molar-refractivity contribution is 6.61. The minimum absolute atomic E-state index is 0.156. The van der Waals surface area contributed by atoms with E-state index in [2.05, 4.69) is 60.7 Å². The highest BCUT2D eigenvalue weighted by atomic mass is 15.0. The molecule has 0 radical (unpaired) electrons. The molecule has 0 bridgehead atoms. The van der Waals surface area contributed by atoms with Gasteiger partial charge in [0.2, 0.25) is 0 Å². The average molecular weight is 347 g/mol. The van der Waals surface area contributed by atoms with Crippen molar-refractivity contribution in [1.29, 1.82) is 0 Å². The second-order valence-corrected chi connectivity index (χ2v) is 5.42. The van der Waals surface area contributed by atoms with E-state index in [1.165, 1.54) is 21.9 Å². The van der Waals surface area contributed by atoms with Crippen LogP contribution in [0.1, 0.15) is 52.7 Å². The van der Waals surface area contributed by atoms with E-state index >= 15 is 0 Å². The molecular formula is C24H30N2. The second-order valence-electron chi connectivity index (χ2n) is 5.42. The molecule has 2 aromatic rings. The number of benzene rings is 2. The molecule has 2 heteroatoms. The largest absolute Gasteiger partial charge is 0.272 e. The molecule has 2 aromatic carbocycles. The molecule has 5 rings (SSSR count). The van der Waals surface area contributed by atoms with Gasteiger partial charge in [-0.1, -0.05) is 102 Å². The molecule has 2 aliphatic carbocycles. The first-order chi connectivity index (χ1) is 12.9. The smallest absolute Gasteiger partial charge is 0.0950 e. The Bertz CT molecular complexity index is 800. The van der Waals surface area contributed by atoms with Crippen LogP contribution in [0.4, 0.5) is 0 Å². The number of fused-ring (bicyclic) bond motifs is 4. The van der Waals surface area contributed by atoms with Crippen LogP contribution in [0.3, 0.4) is 0 Å². The lowest BCUT2D eigenvalue weighted by molar-refractivity contribution is 0.698. The highest BCUT2D eigenvalue weighted by Crippen LogP contribution is 2.34. The third-order valence-electron chi connectivity index (χ3n) is 4.27. The average Bonchev–Trinajstić information content (AvgIpc) is 3.06. The molecule has 26 heavy (non-hydrogen) atoms. The summed E-state index contributed by atoms with van der Waals surface area (Å²) in [6.45, 7) is 12.0. The molecule has 2 nitrogen and oxygen atoms in total. The van der Waals surface area contributed by atoms with E-state index in [-0.39, 0.29) is 12.1 Å². The monoisotopic (exact) mass is 346 g/mol. The predicted octanol–water partition coefficient (Wildman–Crippen LogP) is 6.39. The van der Waals surface area contributed by atoms with Gasteiger partial charge in [-0.3, -0.25) is 9.98 Å². The van der Waals surface area contributed by atoms with E-state index in [0.29, 0.717) is 0 Å². The van der Waals surface area contributed by atoms with Crippen molar-refractivity contribution in [3.63, 3.8) is 0 Å². The van der Waals surface area contributed by atoms with E-state index in [9.17, 15) is 0 Å². The number of hydrogen-bond acceptors (Lipinski definition) is 2. The summed E-state index contributed by atoms with van der Waals surface area (Å²) in [5, 5.41) is 2.58. The molecule has 2 atom stereocenters. The molecular weight excluding hydrogens is 316 g/mol. The zero-order valence-electron chi connectivity index (χ0n) is 16.8. The molecule has 2 unspecified atom stereocenters. The molecule has 0 amide bonds. The van der Waals surface area contributed by atoms with Crippen LogP contribution in [-0.4, -0.2) is 23.5 Å². The van der Waals surface area contributed by atoms with Crippen LogP contribution in [0.25, 0.3) is 10.8 Å². The van der Waals surface area contributed by atoms with Crippen molar-refractivity contribution < 1.29 is 0 Å². The van der Waals surface area contributed by atoms with Crippen molar-refractivity contribution in [2.45, 2.75) is 53.6 Å². The normalized spacial score (nSPS) is 20.1. The first-order valence-corrected chi connectivity index (χ1v) is 9.95. The molecule has 3 aliphatic rings. The summed E-state index contributed by atoms with van der Waals surface area (Å²) in [6.07, 6.45) is 8.41. The van der Waals surface area contributed by atoms with Crippen LogP contribution in [0.15, 0.2) is 70.7 Å². The molecule has 0 aromatic heterocycles. The fourth-order valence-electron chi connectivity index (χ4n) is 3.37. The van der Waals surface area contributed by atoms with E-state index in [0.717, 1.165) is 11.4 Å². The van der Waals surface area contributed by atoms with Crippen molar-refractivity contribution in [2.24, 2.45) is 9.98 Å². The van der Waals surface area contributed by atoms with Gasteiger partial charge in [-0.05, 0) is 5.39 Å². The van der Waals surface area contributed by atoms with Crippen molar-refractivity contribution >= 4 is 22.2 Å². The predicted molar refractivity (Wildman–Crippen MR) is 117 cm³/mol. The number of aliphatic imine (C=N–C) groups is 2. The summed E-state index contributed by atoms with van der Waals surface area (Å²) in [7, 11) is 0. The van der Waals surface area contributed by atoms with Gasteiger partial charge in [0.15, 0.2) is 0 Å². The lowest BCUT2D eigenvalue weighted by Crippen LogP contribution is -2.30. The summed E-state index contributed by atoms with van der Waals surface area (Å²) in [5.41, 5.74) is 4.60. The number of allylic oxidation sites excluding steroid dienone is 2. The third-order valence-corrected chi connectivity index (χ3v) is 4.27. The van der Waals surface area contributed by atoms with Crippen LogP contribution in [-0.2, 0) is 0 Å². The van der Waals surface area contributed by atoms with Crippen LogP contribution >= 0.6 is 0 Å². The van der Waals surface area contributed by atoms with Gasteiger partial charge in [-0.15, -0.1) is 0 Å². The van der Waals surface area contributed by atoms with Crippen LogP contribution in [0, 0.1) is 0 Å². The van der Waals surface area contributed by atoms with Gasteiger partial charge in [0.05, 0.1) is 23.5 Å². The van der Waals surface area contributed by atoms with Gasteiger partial charge in [0.1, 0.15) is 0 Å². The van der Waals surface area contributed by atoms with E-state index < -0.39 is 0 Å². The lowest BCUT2D eigenvalue weighted by Gasteiger charge is -2.23. The Morgan fingerprint density at radius 3 is 1.46 bits per heavy atom. The van der Waals surface area contributed by atoms with Crippen molar-refractivity contribution in [2.75, 3.05) is 0 Å². The number of rotatable bonds is 0.